The number of hydrogen-bond donors (Lipinski definition) is 1. The van der Waals surface area contributed by atoms with E-state index < -0.39 is 4.92 Å². The van der Waals surface area contributed by atoms with Gasteiger partial charge in [-0.15, -0.1) is 0 Å². The molecule has 112 valence electrons. The zero-order valence-electron chi connectivity index (χ0n) is 12.0. The van der Waals surface area contributed by atoms with Gasteiger partial charge in [0.05, 0.1) is 4.92 Å². The van der Waals surface area contributed by atoms with Gasteiger partial charge >= 0.3 is 0 Å². The molecule has 2 bridgehead atoms. The van der Waals surface area contributed by atoms with Crippen LogP contribution < -0.4 is 5.32 Å². The molecule has 6 nitrogen and oxygen atoms in total. The van der Waals surface area contributed by atoms with Crippen molar-refractivity contribution in [1.29, 1.82) is 0 Å². The second-order valence-electron chi connectivity index (χ2n) is 5.90. The first-order chi connectivity index (χ1) is 10.1. The average Bonchev–Trinajstić information content (AvgIpc) is 2.70. The Kier molecular flexibility index (Phi) is 3.63. The highest BCUT2D eigenvalue weighted by molar-refractivity contribution is 5.95. The summed E-state index contributed by atoms with van der Waals surface area (Å²) in [7, 11) is 0. The molecule has 0 aliphatic carbocycles. The number of carbonyl (C=O) groups is 1. The summed E-state index contributed by atoms with van der Waals surface area (Å²) < 4.78 is 0. The normalized spacial score (nSPS) is 24.7. The summed E-state index contributed by atoms with van der Waals surface area (Å²) in [6.07, 6.45) is 3.00. The minimum Gasteiger partial charge on any atom is -0.331 e. The lowest BCUT2D eigenvalue weighted by Gasteiger charge is -2.28. The average molecular weight is 289 g/mol. The Morgan fingerprint density at radius 3 is 2.81 bits per heavy atom. The van der Waals surface area contributed by atoms with Gasteiger partial charge in [-0.05, 0) is 44.4 Å². The van der Waals surface area contributed by atoms with Crippen molar-refractivity contribution in [3.05, 3.63) is 39.4 Å². The molecule has 0 aromatic heterocycles. The summed E-state index contributed by atoms with van der Waals surface area (Å²) in [5, 5.41) is 14.3. The van der Waals surface area contributed by atoms with Crippen LogP contribution in [0.15, 0.2) is 18.2 Å². The molecule has 2 aliphatic heterocycles. The van der Waals surface area contributed by atoms with Crippen molar-refractivity contribution < 1.29 is 9.72 Å². The number of non-ortho nitro benzene ring substituents is 1. The van der Waals surface area contributed by atoms with Gasteiger partial charge in [0.15, 0.2) is 0 Å². The maximum absolute atomic E-state index is 12.8. The molecular formula is C15H19N3O3. The van der Waals surface area contributed by atoms with E-state index in [0.29, 0.717) is 5.56 Å². The number of carbonyl (C=O) groups excluding carboxylic acids is 1. The largest absolute Gasteiger partial charge is 0.331 e. The molecule has 1 amide bonds. The topological polar surface area (TPSA) is 75.5 Å². The van der Waals surface area contributed by atoms with Gasteiger partial charge in [-0.1, -0.05) is 0 Å². The van der Waals surface area contributed by atoms with Crippen LogP contribution in [0.25, 0.3) is 0 Å². The summed E-state index contributed by atoms with van der Waals surface area (Å²) >= 11 is 0. The van der Waals surface area contributed by atoms with E-state index >= 15 is 0 Å². The standard InChI is InChI=1S/C15H19N3O3/c1-10-6-11(8-14(7-10)18(20)21)15(19)17-12-2-3-13(17)9-16-5-4-12/h6-8,12-13,16H,2-5,9H2,1H3. The number of hydrogen-bond acceptors (Lipinski definition) is 4. The van der Waals surface area contributed by atoms with Gasteiger partial charge in [0.2, 0.25) is 0 Å². The lowest BCUT2D eigenvalue weighted by Crippen LogP contribution is -2.42. The third kappa shape index (κ3) is 2.63. The number of fused-ring (bicyclic) bond motifs is 2. The van der Waals surface area contributed by atoms with Crippen LogP contribution in [0.3, 0.4) is 0 Å². The Labute approximate surface area is 123 Å². The van der Waals surface area contributed by atoms with Crippen molar-refractivity contribution in [2.45, 2.75) is 38.3 Å². The van der Waals surface area contributed by atoms with E-state index in [1.807, 2.05) is 4.90 Å². The number of nitrogens with zero attached hydrogens (tertiary/aromatic N) is 2. The van der Waals surface area contributed by atoms with E-state index in [4.69, 9.17) is 0 Å². The van der Waals surface area contributed by atoms with Gasteiger partial charge in [-0.25, -0.2) is 0 Å². The Bertz CT molecular complexity index is 574. The molecule has 2 heterocycles. The smallest absolute Gasteiger partial charge is 0.270 e. The maximum atomic E-state index is 12.8. The van der Waals surface area contributed by atoms with E-state index in [2.05, 4.69) is 5.32 Å². The van der Waals surface area contributed by atoms with Crippen molar-refractivity contribution in [3.63, 3.8) is 0 Å². The van der Waals surface area contributed by atoms with Gasteiger partial charge < -0.3 is 10.2 Å². The second kappa shape index (κ2) is 5.44. The molecule has 0 radical (unpaired) electrons. The van der Waals surface area contributed by atoms with Gasteiger partial charge in [-0.3, -0.25) is 14.9 Å². The van der Waals surface area contributed by atoms with Crippen LogP contribution >= 0.6 is 0 Å². The van der Waals surface area contributed by atoms with Crippen LogP contribution in [0.2, 0.25) is 0 Å². The quantitative estimate of drug-likeness (QED) is 0.666. The molecule has 3 rings (SSSR count). The Balaban J connectivity index is 1.93. The van der Waals surface area contributed by atoms with Crippen LogP contribution in [0, 0.1) is 17.0 Å². The summed E-state index contributed by atoms with van der Waals surface area (Å²) in [5.41, 5.74) is 1.16. The summed E-state index contributed by atoms with van der Waals surface area (Å²) in [6.45, 7) is 3.53. The number of benzene rings is 1. The van der Waals surface area contributed by atoms with Crippen LogP contribution in [-0.4, -0.2) is 40.9 Å². The summed E-state index contributed by atoms with van der Waals surface area (Å²) in [4.78, 5) is 25.3. The molecule has 2 atom stereocenters. The Morgan fingerprint density at radius 1 is 1.29 bits per heavy atom. The molecule has 1 N–H and O–H groups in total. The van der Waals surface area contributed by atoms with Crippen LogP contribution in [0.5, 0.6) is 0 Å². The molecule has 2 unspecified atom stereocenters. The number of nitrogens with one attached hydrogen (secondary N) is 1. The van der Waals surface area contributed by atoms with Gasteiger partial charge in [0.25, 0.3) is 11.6 Å². The lowest BCUT2D eigenvalue weighted by atomic mass is 10.1. The number of nitro groups is 1. The van der Waals surface area contributed by atoms with Gasteiger partial charge in [0.1, 0.15) is 0 Å². The highest BCUT2D eigenvalue weighted by atomic mass is 16.6. The lowest BCUT2D eigenvalue weighted by molar-refractivity contribution is -0.384. The monoisotopic (exact) mass is 289 g/mol. The third-order valence-electron chi connectivity index (χ3n) is 4.41. The fourth-order valence-electron chi connectivity index (χ4n) is 3.45. The Morgan fingerprint density at radius 2 is 2.05 bits per heavy atom. The zero-order valence-corrected chi connectivity index (χ0v) is 12.0. The summed E-state index contributed by atoms with van der Waals surface area (Å²) in [6, 6.07) is 5.11. The molecule has 1 aromatic carbocycles. The molecular weight excluding hydrogens is 270 g/mol. The predicted octanol–water partition coefficient (Wildman–Crippen LogP) is 1.87. The molecule has 1 aromatic rings. The number of aryl methyl sites for hydroxylation is 1. The molecule has 21 heavy (non-hydrogen) atoms. The van der Waals surface area contributed by atoms with E-state index in [0.717, 1.165) is 37.9 Å². The van der Waals surface area contributed by atoms with Crippen LogP contribution in [0.4, 0.5) is 5.69 Å². The van der Waals surface area contributed by atoms with Crippen LogP contribution in [-0.2, 0) is 0 Å². The van der Waals surface area contributed by atoms with Crippen molar-refractivity contribution in [3.8, 4) is 0 Å². The molecule has 2 saturated heterocycles. The first kappa shape index (κ1) is 14.0. The van der Waals surface area contributed by atoms with E-state index in [9.17, 15) is 14.9 Å². The predicted molar refractivity (Wildman–Crippen MR) is 78.3 cm³/mol. The molecule has 0 spiro atoms. The minimum absolute atomic E-state index is 0.0151. The van der Waals surface area contributed by atoms with Crippen molar-refractivity contribution >= 4 is 11.6 Å². The molecule has 6 heteroatoms. The molecule has 2 fully saturated rings. The minimum atomic E-state index is -0.442. The van der Waals surface area contributed by atoms with Crippen molar-refractivity contribution in [1.82, 2.24) is 10.2 Å². The Hall–Kier alpha value is -1.95. The fraction of sp³-hybridized carbons (Fsp3) is 0.533. The number of rotatable bonds is 2. The van der Waals surface area contributed by atoms with E-state index in [1.165, 1.54) is 12.1 Å². The first-order valence-corrected chi connectivity index (χ1v) is 7.36. The van der Waals surface area contributed by atoms with Gasteiger partial charge in [0, 0.05) is 36.3 Å². The molecule has 2 aliphatic rings. The first-order valence-electron chi connectivity index (χ1n) is 7.36. The van der Waals surface area contributed by atoms with Crippen LogP contribution in [0.1, 0.15) is 35.2 Å². The van der Waals surface area contributed by atoms with Gasteiger partial charge in [-0.2, -0.15) is 0 Å². The third-order valence-corrected chi connectivity index (χ3v) is 4.41. The highest BCUT2D eigenvalue weighted by Crippen LogP contribution is 2.30. The SMILES string of the molecule is Cc1cc(C(=O)N2C3CCNCC2CC3)cc([N+](=O)[O-])c1. The summed E-state index contributed by atoms with van der Waals surface area (Å²) in [5.74, 6) is -0.0713. The maximum Gasteiger partial charge on any atom is 0.270 e. The number of amides is 1. The highest BCUT2D eigenvalue weighted by Gasteiger charge is 2.38. The molecule has 0 saturated carbocycles. The fourth-order valence-corrected chi connectivity index (χ4v) is 3.45. The zero-order chi connectivity index (χ0) is 15.0. The van der Waals surface area contributed by atoms with Crippen molar-refractivity contribution in [2.75, 3.05) is 13.1 Å². The van der Waals surface area contributed by atoms with E-state index in [1.54, 1.807) is 13.0 Å². The van der Waals surface area contributed by atoms with Crippen molar-refractivity contribution in [2.24, 2.45) is 0 Å². The second-order valence-corrected chi connectivity index (χ2v) is 5.90. The number of nitro benzene ring substituents is 1. The van der Waals surface area contributed by atoms with E-state index in [-0.39, 0.29) is 23.7 Å².